The molecule has 0 spiro atoms. The van der Waals surface area contributed by atoms with Crippen LogP contribution in [0.4, 0.5) is 0 Å². The molecule has 158 valence electrons. The fourth-order valence-corrected chi connectivity index (χ4v) is 3.02. The molecule has 1 unspecified atom stereocenters. The van der Waals surface area contributed by atoms with Crippen LogP contribution in [0.5, 0.6) is 11.5 Å². The molecule has 1 aromatic carbocycles. The van der Waals surface area contributed by atoms with E-state index in [1.54, 1.807) is 24.3 Å². The molecule has 0 radical (unpaired) electrons. The fraction of sp³-hybridized carbons (Fsp3) is 0.667. The molecule has 0 aliphatic rings. The SMILES string of the molecule is CCCCCCCC(=O)Oc1ccc(OC(=O)C(C)CCCCCCC)cc1. The first-order valence-electron chi connectivity index (χ1n) is 11.1. The number of benzene rings is 1. The Labute approximate surface area is 171 Å². The summed E-state index contributed by atoms with van der Waals surface area (Å²) in [6.07, 6.45) is 12.8. The van der Waals surface area contributed by atoms with Gasteiger partial charge in [-0.3, -0.25) is 9.59 Å². The number of rotatable bonds is 15. The Bertz CT molecular complexity index is 550. The molecule has 4 nitrogen and oxygen atoms in total. The number of esters is 2. The van der Waals surface area contributed by atoms with E-state index in [0.717, 1.165) is 25.7 Å². The first kappa shape index (κ1) is 24.2. The van der Waals surface area contributed by atoms with Crippen molar-refractivity contribution in [1.82, 2.24) is 0 Å². The molecule has 0 bridgehead atoms. The first-order valence-corrected chi connectivity index (χ1v) is 11.1. The van der Waals surface area contributed by atoms with E-state index in [1.165, 1.54) is 44.9 Å². The Morgan fingerprint density at radius 2 is 1.25 bits per heavy atom. The largest absolute Gasteiger partial charge is 0.427 e. The lowest BCUT2D eigenvalue weighted by Crippen LogP contribution is -2.17. The lowest BCUT2D eigenvalue weighted by molar-refractivity contribution is -0.138. The van der Waals surface area contributed by atoms with Gasteiger partial charge in [0, 0.05) is 6.42 Å². The van der Waals surface area contributed by atoms with Crippen LogP contribution < -0.4 is 9.47 Å². The standard InChI is InChI=1S/C24H38O4/c1-4-6-8-10-12-14-20(3)24(26)28-22-18-16-21(17-19-22)27-23(25)15-13-11-9-7-5-2/h16-20H,4-15H2,1-3H3. The van der Waals surface area contributed by atoms with E-state index in [0.29, 0.717) is 17.9 Å². The van der Waals surface area contributed by atoms with Crippen molar-refractivity contribution in [3.8, 4) is 11.5 Å². The number of hydrogen-bond donors (Lipinski definition) is 0. The van der Waals surface area contributed by atoms with Gasteiger partial charge in [-0.15, -0.1) is 0 Å². The molecule has 28 heavy (non-hydrogen) atoms. The van der Waals surface area contributed by atoms with Crippen LogP contribution in [0.1, 0.15) is 97.8 Å². The quantitative estimate of drug-likeness (QED) is 0.187. The molecule has 0 saturated heterocycles. The summed E-state index contributed by atoms with van der Waals surface area (Å²) in [7, 11) is 0. The van der Waals surface area contributed by atoms with Gasteiger partial charge < -0.3 is 9.47 Å². The Kier molecular flexibility index (Phi) is 13.1. The van der Waals surface area contributed by atoms with Gasteiger partial charge in [-0.2, -0.15) is 0 Å². The lowest BCUT2D eigenvalue weighted by atomic mass is 10.0. The zero-order valence-corrected chi connectivity index (χ0v) is 18.0. The minimum atomic E-state index is -0.210. The summed E-state index contributed by atoms with van der Waals surface area (Å²) < 4.78 is 10.8. The molecular weight excluding hydrogens is 352 g/mol. The molecule has 4 heteroatoms. The molecule has 0 heterocycles. The summed E-state index contributed by atoms with van der Waals surface area (Å²) >= 11 is 0. The summed E-state index contributed by atoms with van der Waals surface area (Å²) in [6, 6.07) is 6.70. The van der Waals surface area contributed by atoms with Crippen LogP contribution in [0, 0.1) is 5.92 Å². The predicted molar refractivity (Wildman–Crippen MR) is 114 cm³/mol. The second-order valence-corrected chi connectivity index (χ2v) is 7.63. The number of hydrogen-bond acceptors (Lipinski definition) is 4. The van der Waals surface area contributed by atoms with E-state index in [-0.39, 0.29) is 17.9 Å². The summed E-state index contributed by atoms with van der Waals surface area (Å²) in [5, 5.41) is 0. The maximum Gasteiger partial charge on any atom is 0.314 e. The second kappa shape index (κ2) is 15.1. The third-order valence-electron chi connectivity index (χ3n) is 4.90. The van der Waals surface area contributed by atoms with Crippen molar-refractivity contribution in [1.29, 1.82) is 0 Å². The smallest absolute Gasteiger partial charge is 0.314 e. The van der Waals surface area contributed by atoms with E-state index < -0.39 is 0 Å². The minimum absolute atomic E-state index is 0.105. The van der Waals surface area contributed by atoms with Crippen LogP contribution in [-0.2, 0) is 9.59 Å². The highest BCUT2D eigenvalue weighted by atomic mass is 16.5. The summed E-state index contributed by atoms with van der Waals surface area (Å²) in [5.74, 6) is 0.460. The van der Waals surface area contributed by atoms with Gasteiger partial charge >= 0.3 is 11.9 Å². The topological polar surface area (TPSA) is 52.6 Å². The van der Waals surface area contributed by atoms with Crippen molar-refractivity contribution >= 4 is 11.9 Å². The van der Waals surface area contributed by atoms with Gasteiger partial charge in [-0.05, 0) is 37.1 Å². The lowest BCUT2D eigenvalue weighted by Gasteiger charge is -2.11. The summed E-state index contributed by atoms with van der Waals surface area (Å²) in [6.45, 7) is 6.28. The van der Waals surface area contributed by atoms with Crippen LogP contribution in [0.15, 0.2) is 24.3 Å². The summed E-state index contributed by atoms with van der Waals surface area (Å²) in [4.78, 5) is 24.0. The zero-order valence-electron chi connectivity index (χ0n) is 18.0. The zero-order chi connectivity index (χ0) is 20.6. The first-order chi connectivity index (χ1) is 13.6. The minimum Gasteiger partial charge on any atom is -0.427 e. The van der Waals surface area contributed by atoms with E-state index >= 15 is 0 Å². The Balaban J connectivity index is 2.29. The maximum atomic E-state index is 12.2. The van der Waals surface area contributed by atoms with Crippen LogP contribution in [-0.4, -0.2) is 11.9 Å². The molecule has 0 aromatic heterocycles. The van der Waals surface area contributed by atoms with Crippen molar-refractivity contribution in [3.63, 3.8) is 0 Å². The highest BCUT2D eigenvalue weighted by Gasteiger charge is 2.15. The highest BCUT2D eigenvalue weighted by Crippen LogP contribution is 2.20. The van der Waals surface area contributed by atoms with Gasteiger partial charge in [0.15, 0.2) is 0 Å². The molecule has 0 fully saturated rings. The van der Waals surface area contributed by atoms with E-state index in [1.807, 2.05) is 6.92 Å². The number of carbonyl (C=O) groups excluding carboxylic acids is 2. The van der Waals surface area contributed by atoms with Crippen LogP contribution in [0.2, 0.25) is 0 Å². The predicted octanol–water partition coefficient (Wildman–Crippen LogP) is 6.85. The van der Waals surface area contributed by atoms with Gasteiger partial charge in [0.05, 0.1) is 5.92 Å². The van der Waals surface area contributed by atoms with Crippen molar-refractivity contribution in [2.45, 2.75) is 97.8 Å². The third-order valence-corrected chi connectivity index (χ3v) is 4.90. The van der Waals surface area contributed by atoms with Crippen LogP contribution in [0.25, 0.3) is 0 Å². The summed E-state index contributed by atoms with van der Waals surface area (Å²) in [5.41, 5.74) is 0. The average molecular weight is 391 g/mol. The number of ether oxygens (including phenoxy) is 2. The van der Waals surface area contributed by atoms with Crippen LogP contribution >= 0.6 is 0 Å². The van der Waals surface area contributed by atoms with Crippen molar-refractivity contribution in [2.24, 2.45) is 5.92 Å². The molecule has 0 aliphatic carbocycles. The van der Waals surface area contributed by atoms with Gasteiger partial charge in [-0.1, -0.05) is 78.6 Å². The van der Waals surface area contributed by atoms with Crippen molar-refractivity contribution < 1.29 is 19.1 Å². The maximum absolute atomic E-state index is 12.2. The molecule has 1 rings (SSSR count). The number of carbonyl (C=O) groups is 2. The third kappa shape index (κ3) is 11.1. The monoisotopic (exact) mass is 390 g/mol. The Morgan fingerprint density at radius 1 is 0.750 bits per heavy atom. The Morgan fingerprint density at radius 3 is 1.82 bits per heavy atom. The van der Waals surface area contributed by atoms with Gasteiger partial charge in [-0.25, -0.2) is 0 Å². The molecule has 0 aliphatic heterocycles. The normalized spacial score (nSPS) is 11.8. The van der Waals surface area contributed by atoms with Crippen LogP contribution in [0.3, 0.4) is 0 Å². The molecule has 0 N–H and O–H groups in total. The van der Waals surface area contributed by atoms with Gasteiger partial charge in [0.25, 0.3) is 0 Å². The van der Waals surface area contributed by atoms with Gasteiger partial charge in [0.1, 0.15) is 11.5 Å². The molecule has 0 saturated carbocycles. The average Bonchev–Trinajstić information content (AvgIpc) is 2.69. The molecule has 1 atom stereocenters. The fourth-order valence-electron chi connectivity index (χ4n) is 3.02. The van der Waals surface area contributed by atoms with Crippen molar-refractivity contribution in [3.05, 3.63) is 24.3 Å². The van der Waals surface area contributed by atoms with E-state index in [9.17, 15) is 9.59 Å². The van der Waals surface area contributed by atoms with Crippen molar-refractivity contribution in [2.75, 3.05) is 0 Å². The molecule has 0 amide bonds. The Hall–Kier alpha value is -1.84. The second-order valence-electron chi connectivity index (χ2n) is 7.63. The highest BCUT2D eigenvalue weighted by molar-refractivity contribution is 5.75. The number of unbranched alkanes of at least 4 members (excludes halogenated alkanes) is 8. The van der Waals surface area contributed by atoms with Gasteiger partial charge in [0.2, 0.25) is 0 Å². The van der Waals surface area contributed by atoms with E-state index in [4.69, 9.17) is 9.47 Å². The molecule has 1 aromatic rings. The molecular formula is C24H38O4. The van der Waals surface area contributed by atoms with E-state index in [2.05, 4.69) is 13.8 Å².